The minimum atomic E-state index is -1.07. The molecule has 0 amide bonds. The topological polar surface area (TPSA) is 76.7 Å². The number of benzene rings is 2. The number of fused-ring (bicyclic) bond motifs is 2. The standard InChI is InChI=1S/C25H30O5/c1-4-5-6-7-8-9-10-17-13-19(16(2)29-3)15-21-23(26)20-14-18(25(27)28)11-12-22(20)30-24(17)21/h11-16H,4-10H2,1-3H3,(H,27,28). The third-order valence-corrected chi connectivity index (χ3v) is 5.74. The molecule has 3 aromatic rings. The van der Waals surface area contributed by atoms with Gasteiger partial charge in [0.05, 0.1) is 22.4 Å². The summed E-state index contributed by atoms with van der Waals surface area (Å²) in [6, 6.07) is 8.31. The van der Waals surface area contributed by atoms with Gasteiger partial charge in [0.15, 0.2) is 0 Å². The van der Waals surface area contributed by atoms with Crippen LogP contribution in [0.3, 0.4) is 0 Å². The summed E-state index contributed by atoms with van der Waals surface area (Å²) >= 11 is 0. The normalized spacial score (nSPS) is 12.5. The van der Waals surface area contributed by atoms with Crippen LogP contribution in [0.5, 0.6) is 0 Å². The monoisotopic (exact) mass is 410 g/mol. The molecule has 160 valence electrons. The van der Waals surface area contributed by atoms with Gasteiger partial charge in [-0.3, -0.25) is 4.79 Å². The summed E-state index contributed by atoms with van der Waals surface area (Å²) in [6.45, 7) is 4.15. The maximum atomic E-state index is 13.2. The van der Waals surface area contributed by atoms with E-state index in [-0.39, 0.29) is 22.5 Å². The van der Waals surface area contributed by atoms with Gasteiger partial charge in [-0.1, -0.05) is 39.0 Å². The molecule has 1 heterocycles. The van der Waals surface area contributed by atoms with Crippen molar-refractivity contribution in [2.24, 2.45) is 0 Å². The second-order valence-electron chi connectivity index (χ2n) is 7.90. The summed E-state index contributed by atoms with van der Waals surface area (Å²) in [5, 5.41) is 10.0. The lowest BCUT2D eigenvalue weighted by Crippen LogP contribution is -2.08. The molecule has 0 bridgehead atoms. The number of aromatic carboxylic acids is 1. The van der Waals surface area contributed by atoms with Crippen molar-refractivity contribution in [1.29, 1.82) is 0 Å². The summed E-state index contributed by atoms with van der Waals surface area (Å²) < 4.78 is 11.6. The molecule has 0 aliphatic heterocycles. The van der Waals surface area contributed by atoms with Crippen LogP contribution in [0.15, 0.2) is 39.5 Å². The molecular formula is C25H30O5. The number of methoxy groups -OCH3 is 1. The molecule has 0 saturated carbocycles. The molecule has 0 aliphatic carbocycles. The van der Waals surface area contributed by atoms with Crippen molar-refractivity contribution in [3.8, 4) is 0 Å². The number of carboxylic acids is 1. The van der Waals surface area contributed by atoms with Gasteiger partial charge in [-0.25, -0.2) is 4.79 Å². The molecule has 0 radical (unpaired) electrons. The number of hydrogen-bond acceptors (Lipinski definition) is 4. The van der Waals surface area contributed by atoms with Crippen molar-refractivity contribution in [2.45, 2.75) is 64.9 Å². The number of unbranched alkanes of at least 4 members (excludes halogenated alkanes) is 5. The Morgan fingerprint density at radius 2 is 1.80 bits per heavy atom. The quantitative estimate of drug-likeness (QED) is 0.315. The first kappa shape index (κ1) is 22.0. The number of rotatable bonds is 10. The summed E-state index contributed by atoms with van der Waals surface area (Å²) in [4.78, 5) is 24.6. The van der Waals surface area contributed by atoms with Crippen LogP contribution >= 0.6 is 0 Å². The molecule has 3 rings (SSSR count). The number of aryl methyl sites for hydroxylation is 1. The van der Waals surface area contributed by atoms with Gasteiger partial charge < -0.3 is 14.3 Å². The molecule has 0 spiro atoms. The Bertz CT molecular complexity index is 1100. The summed E-state index contributed by atoms with van der Waals surface area (Å²) in [7, 11) is 1.64. The van der Waals surface area contributed by atoms with Gasteiger partial charge in [0.2, 0.25) is 5.43 Å². The SMILES string of the molecule is CCCCCCCCc1cc(C(C)OC)cc2c(=O)c3cc(C(=O)O)ccc3oc12. The van der Waals surface area contributed by atoms with Crippen LogP contribution in [0.4, 0.5) is 0 Å². The third-order valence-electron chi connectivity index (χ3n) is 5.74. The van der Waals surface area contributed by atoms with Gasteiger partial charge in [-0.15, -0.1) is 0 Å². The highest BCUT2D eigenvalue weighted by molar-refractivity contribution is 5.96. The van der Waals surface area contributed by atoms with Crippen molar-refractivity contribution in [1.82, 2.24) is 0 Å². The highest BCUT2D eigenvalue weighted by atomic mass is 16.5. The lowest BCUT2D eigenvalue weighted by atomic mass is 9.97. The van der Waals surface area contributed by atoms with Crippen molar-refractivity contribution in [3.63, 3.8) is 0 Å². The predicted molar refractivity (Wildman–Crippen MR) is 119 cm³/mol. The van der Waals surface area contributed by atoms with Crippen molar-refractivity contribution in [2.75, 3.05) is 7.11 Å². The molecule has 0 saturated heterocycles. The Morgan fingerprint density at radius 3 is 2.50 bits per heavy atom. The Hall–Kier alpha value is -2.66. The van der Waals surface area contributed by atoms with Crippen LogP contribution in [0, 0.1) is 0 Å². The zero-order chi connectivity index (χ0) is 21.7. The molecule has 1 atom stereocenters. The highest BCUT2D eigenvalue weighted by Crippen LogP contribution is 2.29. The molecule has 5 heteroatoms. The van der Waals surface area contributed by atoms with Crippen LogP contribution in [0.1, 0.15) is 80.0 Å². The molecule has 5 nitrogen and oxygen atoms in total. The molecule has 2 aromatic carbocycles. The molecule has 0 fully saturated rings. The number of carboxylic acid groups (broad SMARTS) is 1. The van der Waals surface area contributed by atoms with E-state index in [2.05, 4.69) is 13.0 Å². The molecule has 30 heavy (non-hydrogen) atoms. The van der Waals surface area contributed by atoms with E-state index in [0.717, 1.165) is 30.4 Å². The van der Waals surface area contributed by atoms with E-state index in [9.17, 15) is 14.7 Å². The average molecular weight is 411 g/mol. The van der Waals surface area contributed by atoms with Gasteiger partial charge in [0, 0.05) is 7.11 Å². The van der Waals surface area contributed by atoms with E-state index in [4.69, 9.17) is 9.15 Å². The van der Waals surface area contributed by atoms with Crippen molar-refractivity contribution in [3.05, 3.63) is 57.2 Å². The van der Waals surface area contributed by atoms with Crippen LogP contribution in [0.2, 0.25) is 0 Å². The second-order valence-corrected chi connectivity index (χ2v) is 7.90. The van der Waals surface area contributed by atoms with Gasteiger partial charge in [-0.2, -0.15) is 0 Å². The summed E-state index contributed by atoms with van der Waals surface area (Å²) in [5.41, 5.74) is 2.80. The number of carbonyl (C=O) groups is 1. The van der Waals surface area contributed by atoms with Crippen LogP contribution in [0.25, 0.3) is 21.9 Å². The fourth-order valence-electron chi connectivity index (χ4n) is 3.84. The molecule has 1 aromatic heterocycles. The summed E-state index contributed by atoms with van der Waals surface area (Å²) in [6.07, 6.45) is 7.81. The summed E-state index contributed by atoms with van der Waals surface area (Å²) in [5.74, 6) is -1.07. The second kappa shape index (κ2) is 9.90. The van der Waals surface area contributed by atoms with E-state index < -0.39 is 5.97 Å². The van der Waals surface area contributed by atoms with E-state index in [0.29, 0.717) is 16.6 Å². The first-order valence-corrected chi connectivity index (χ1v) is 10.8. The molecule has 1 unspecified atom stereocenters. The maximum Gasteiger partial charge on any atom is 0.335 e. The van der Waals surface area contributed by atoms with E-state index in [1.54, 1.807) is 13.2 Å². The third kappa shape index (κ3) is 4.73. The maximum absolute atomic E-state index is 13.2. The van der Waals surface area contributed by atoms with E-state index in [1.807, 2.05) is 13.0 Å². The van der Waals surface area contributed by atoms with Crippen LogP contribution < -0.4 is 5.43 Å². The Labute approximate surface area is 176 Å². The zero-order valence-electron chi connectivity index (χ0n) is 18.0. The van der Waals surface area contributed by atoms with Crippen molar-refractivity contribution < 1.29 is 19.1 Å². The lowest BCUT2D eigenvalue weighted by molar-refractivity contribution is 0.0697. The molecule has 1 N–H and O–H groups in total. The van der Waals surface area contributed by atoms with Crippen LogP contribution in [-0.4, -0.2) is 18.2 Å². The minimum Gasteiger partial charge on any atom is -0.478 e. The smallest absolute Gasteiger partial charge is 0.335 e. The van der Waals surface area contributed by atoms with Crippen molar-refractivity contribution >= 4 is 27.9 Å². The molecular weight excluding hydrogens is 380 g/mol. The average Bonchev–Trinajstić information content (AvgIpc) is 2.75. The number of hydrogen-bond donors (Lipinski definition) is 1. The van der Waals surface area contributed by atoms with Gasteiger partial charge >= 0.3 is 5.97 Å². The van der Waals surface area contributed by atoms with Gasteiger partial charge in [0.25, 0.3) is 0 Å². The lowest BCUT2D eigenvalue weighted by Gasteiger charge is -2.14. The van der Waals surface area contributed by atoms with Crippen LogP contribution in [-0.2, 0) is 11.2 Å². The van der Waals surface area contributed by atoms with E-state index in [1.165, 1.54) is 37.8 Å². The predicted octanol–water partition coefficient (Wildman–Crippen LogP) is 6.25. The van der Waals surface area contributed by atoms with E-state index >= 15 is 0 Å². The zero-order valence-corrected chi connectivity index (χ0v) is 18.0. The largest absolute Gasteiger partial charge is 0.478 e. The number of ether oxygens (including phenoxy) is 1. The fraction of sp³-hybridized carbons (Fsp3) is 0.440. The first-order valence-electron chi connectivity index (χ1n) is 10.8. The first-order chi connectivity index (χ1) is 14.5. The Balaban J connectivity index is 2.06. The Morgan fingerprint density at radius 1 is 1.07 bits per heavy atom. The highest BCUT2D eigenvalue weighted by Gasteiger charge is 2.16. The molecule has 0 aliphatic rings. The van der Waals surface area contributed by atoms with Gasteiger partial charge in [-0.05, 0) is 61.2 Å². The van der Waals surface area contributed by atoms with Gasteiger partial charge in [0.1, 0.15) is 11.2 Å². The minimum absolute atomic E-state index is 0.0721. The Kier molecular flexibility index (Phi) is 7.27. The fourth-order valence-corrected chi connectivity index (χ4v) is 3.84.